The zero-order valence-corrected chi connectivity index (χ0v) is 34.8. The summed E-state index contributed by atoms with van der Waals surface area (Å²) < 4.78 is 0. The number of hydrogen-bond donors (Lipinski definition) is 0. The van der Waals surface area contributed by atoms with E-state index in [0.717, 1.165) is 72.6 Å². The van der Waals surface area contributed by atoms with Crippen molar-refractivity contribution in [3.63, 3.8) is 0 Å². The van der Waals surface area contributed by atoms with Gasteiger partial charge in [-0.15, -0.1) is 0 Å². The molecule has 0 atom stereocenters. The monoisotopic (exact) mass is 817 g/mol. The number of fused-ring (bicyclic) bond motifs is 1. The molecule has 11 rings (SSSR count). The van der Waals surface area contributed by atoms with E-state index in [1.165, 1.54) is 16.3 Å². The van der Waals surface area contributed by atoms with Crippen LogP contribution in [0.4, 0.5) is 0 Å². The zero-order chi connectivity index (χ0) is 42.7. The third kappa shape index (κ3) is 7.63. The van der Waals surface area contributed by atoms with Crippen molar-refractivity contribution in [2.75, 3.05) is 0 Å². The molecule has 0 bridgehead atoms. The Bertz CT molecular complexity index is 3280. The van der Waals surface area contributed by atoms with E-state index in [9.17, 15) is 0 Å². The van der Waals surface area contributed by atoms with Crippen LogP contribution in [-0.2, 0) is 0 Å². The van der Waals surface area contributed by atoms with Crippen molar-refractivity contribution in [2.45, 2.75) is 0 Å². The lowest BCUT2D eigenvalue weighted by Gasteiger charge is -2.18. The van der Waals surface area contributed by atoms with E-state index in [2.05, 4.69) is 140 Å². The van der Waals surface area contributed by atoms with Crippen LogP contribution in [0.1, 0.15) is 0 Å². The molecule has 5 nitrogen and oxygen atoms in total. The Hall–Kier alpha value is -8.67. The van der Waals surface area contributed by atoms with E-state index in [4.69, 9.17) is 24.9 Å². The van der Waals surface area contributed by atoms with E-state index < -0.39 is 0 Å². The minimum absolute atomic E-state index is 0.625. The van der Waals surface area contributed by atoms with Crippen LogP contribution in [0.5, 0.6) is 0 Å². The van der Waals surface area contributed by atoms with E-state index in [0.29, 0.717) is 23.3 Å². The minimum atomic E-state index is 0.625. The molecule has 2 aromatic heterocycles. The molecule has 0 aliphatic heterocycles. The lowest BCUT2D eigenvalue weighted by Crippen LogP contribution is -2.00. The fraction of sp³-hybridized carbons (Fsp3) is 0. The van der Waals surface area contributed by atoms with Crippen molar-refractivity contribution in [1.82, 2.24) is 24.9 Å². The average Bonchev–Trinajstić information content (AvgIpc) is 3.39. The van der Waals surface area contributed by atoms with Gasteiger partial charge >= 0.3 is 0 Å². The molecule has 0 saturated heterocycles. The first-order valence-electron chi connectivity index (χ1n) is 21.4. The smallest absolute Gasteiger partial charge is 0.164 e. The van der Waals surface area contributed by atoms with Crippen LogP contribution >= 0.6 is 0 Å². The summed E-state index contributed by atoms with van der Waals surface area (Å²) in [4.78, 5) is 25.0. The molecule has 300 valence electrons. The molecule has 9 aromatic carbocycles. The molecule has 0 amide bonds. The topological polar surface area (TPSA) is 64.5 Å². The lowest BCUT2D eigenvalue weighted by atomic mass is 9.86. The highest BCUT2D eigenvalue weighted by atomic mass is 15.0. The summed E-state index contributed by atoms with van der Waals surface area (Å²) in [5.74, 6) is 2.59. The van der Waals surface area contributed by atoms with Crippen LogP contribution in [0.15, 0.2) is 237 Å². The molecular weight excluding hydrogens is 779 g/mol. The van der Waals surface area contributed by atoms with Gasteiger partial charge in [0, 0.05) is 33.4 Å². The summed E-state index contributed by atoms with van der Waals surface area (Å²) in [6.45, 7) is 0. The van der Waals surface area contributed by atoms with Crippen LogP contribution in [0, 0.1) is 0 Å². The molecule has 0 fully saturated rings. The molecule has 0 aliphatic rings. The first-order chi connectivity index (χ1) is 31.7. The van der Waals surface area contributed by atoms with Crippen molar-refractivity contribution in [3.8, 4) is 101 Å². The van der Waals surface area contributed by atoms with Crippen molar-refractivity contribution < 1.29 is 0 Å². The molecule has 0 N–H and O–H groups in total. The normalized spacial score (nSPS) is 11.1. The summed E-state index contributed by atoms with van der Waals surface area (Å²) in [5.41, 5.74) is 14.4. The molecule has 64 heavy (non-hydrogen) atoms. The number of aromatic nitrogens is 5. The number of hydrogen-bond acceptors (Lipinski definition) is 5. The fourth-order valence-corrected chi connectivity index (χ4v) is 8.38. The van der Waals surface area contributed by atoms with Gasteiger partial charge in [0.25, 0.3) is 0 Å². The molecule has 0 unspecified atom stereocenters. The van der Waals surface area contributed by atoms with E-state index in [1.54, 1.807) is 0 Å². The quantitative estimate of drug-likeness (QED) is 0.145. The molecule has 0 saturated carbocycles. The first kappa shape index (κ1) is 38.3. The van der Waals surface area contributed by atoms with Crippen LogP contribution in [0.3, 0.4) is 0 Å². The maximum atomic E-state index is 5.09. The predicted octanol–water partition coefficient (Wildman–Crippen LogP) is 14.8. The number of benzene rings is 9. The molecule has 5 heteroatoms. The Labute approximate surface area is 372 Å². The lowest BCUT2D eigenvalue weighted by molar-refractivity contribution is 1.07. The van der Waals surface area contributed by atoms with Gasteiger partial charge in [0.15, 0.2) is 23.3 Å². The summed E-state index contributed by atoms with van der Waals surface area (Å²) >= 11 is 0. The molecule has 0 radical (unpaired) electrons. The van der Waals surface area contributed by atoms with Crippen LogP contribution in [-0.4, -0.2) is 24.9 Å². The third-order valence-corrected chi connectivity index (χ3v) is 11.6. The second-order valence-corrected chi connectivity index (χ2v) is 15.6. The average molecular weight is 818 g/mol. The van der Waals surface area contributed by atoms with Crippen LogP contribution in [0.25, 0.3) is 112 Å². The maximum absolute atomic E-state index is 5.09. The van der Waals surface area contributed by atoms with Crippen LogP contribution in [0.2, 0.25) is 0 Å². The fourth-order valence-electron chi connectivity index (χ4n) is 8.38. The van der Waals surface area contributed by atoms with Gasteiger partial charge in [0.2, 0.25) is 0 Å². The highest BCUT2D eigenvalue weighted by Gasteiger charge is 2.18. The van der Waals surface area contributed by atoms with Gasteiger partial charge in [-0.25, -0.2) is 24.9 Å². The summed E-state index contributed by atoms with van der Waals surface area (Å²) in [6.07, 6.45) is 0. The molecular formula is C59H39N5. The van der Waals surface area contributed by atoms with Gasteiger partial charge in [0.1, 0.15) is 0 Å². The molecule has 0 aliphatic carbocycles. The van der Waals surface area contributed by atoms with Gasteiger partial charge in [-0.1, -0.05) is 231 Å². The summed E-state index contributed by atoms with van der Waals surface area (Å²) in [6, 6.07) is 81.9. The Morgan fingerprint density at radius 2 is 0.578 bits per heavy atom. The Kier molecular flexibility index (Phi) is 10.2. The Morgan fingerprint density at radius 3 is 1.08 bits per heavy atom. The van der Waals surface area contributed by atoms with Gasteiger partial charge in [0.05, 0.1) is 11.4 Å². The van der Waals surface area contributed by atoms with Crippen LogP contribution < -0.4 is 0 Å². The Morgan fingerprint density at radius 1 is 0.219 bits per heavy atom. The molecule has 11 aromatic rings. The van der Waals surface area contributed by atoms with Crippen molar-refractivity contribution in [2.24, 2.45) is 0 Å². The SMILES string of the molecule is c1ccc(-c2cc(-c3ccccc3)nc(-c3ccc(-c4ccccc4-c4c(-c5ccc(-c6nc(-c7ccccc7)nc(-c7ccccc7)n6)cc5)ccc5ccccc45)cc3)n2)cc1. The standard InChI is InChI=1S/C59H39N5/c1-5-18-43(19-6-1)53-39-54(44-20-7-2-8-21-44)61-56(60-53)47-33-29-41(30-34-47)49-26-15-16-28-52(49)55-50-27-14-13-17-40(50)37-38-51(55)42-31-35-48(36-32-42)59-63-57(45-22-9-3-10-23-45)62-58(64-59)46-24-11-4-12-25-46/h1-39H. The predicted molar refractivity (Wildman–Crippen MR) is 262 cm³/mol. The largest absolute Gasteiger partial charge is 0.228 e. The second-order valence-electron chi connectivity index (χ2n) is 15.6. The van der Waals surface area contributed by atoms with Gasteiger partial charge in [-0.3, -0.25) is 0 Å². The first-order valence-corrected chi connectivity index (χ1v) is 21.4. The van der Waals surface area contributed by atoms with E-state index in [1.807, 2.05) is 97.1 Å². The van der Waals surface area contributed by atoms with Gasteiger partial charge < -0.3 is 0 Å². The van der Waals surface area contributed by atoms with Gasteiger partial charge in [-0.2, -0.15) is 0 Å². The summed E-state index contributed by atoms with van der Waals surface area (Å²) in [5, 5.41) is 2.37. The molecule has 2 heterocycles. The summed E-state index contributed by atoms with van der Waals surface area (Å²) in [7, 11) is 0. The van der Waals surface area contributed by atoms with E-state index in [-0.39, 0.29) is 0 Å². The number of rotatable bonds is 9. The Balaban J connectivity index is 0.985. The van der Waals surface area contributed by atoms with Crippen molar-refractivity contribution in [3.05, 3.63) is 237 Å². The van der Waals surface area contributed by atoms with Crippen molar-refractivity contribution >= 4 is 10.8 Å². The van der Waals surface area contributed by atoms with E-state index >= 15 is 0 Å². The zero-order valence-electron chi connectivity index (χ0n) is 34.8. The van der Waals surface area contributed by atoms with Gasteiger partial charge in [-0.05, 0) is 50.2 Å². The number of nitrogens with zero attached hydrogens (tertiary/aromatic N) is 5. The maximum Gasteiger partial charge on any atom is 0.164 e. The highest BCUT2D eigenvalue weighted by molar-refractivity contribution is 6.07. The highest BCUT2D eigenvalue weighted by Crippen LogP contribution is 2.43. The molecule has 0 spiro atoms. The third-order valence-electron chi connectivity index (χ3n) is 11.6. The minimum Gasteiger partial charge on any atom is -0.228 e. The second kappa shape index (κ2) is 17.0. The van der Waals surface area contributed by atoms with Crippen molar-refractivity contribution in [1.29, 1.82) is 0 Å².